The van der Waals surface area contributed by atoms with Crippen molar-refractivity contribution in [3.05, 3.63) is 0 Å². The van der Waals surface area contributed by atoms with Crippen LogP contribution in [0.3, 0.4) is 0 Å². The van der Waals surface area contributed by atoms with Crippen LogP contribution in [0, 0.1) is 11.8 Å². The van der Waals surface area contributed by atoms with Gasteiger partial charge in [-0.15, -0.1) is 0 Å². The summed E-state index contributed by atoms with van der Waals surface area (Å²) >= 11 is 0. The van der Waals surface area contributed by atoms with Gasteiger partial charge in [0, 0.05) is 6.54 Å². The van der Waals surface area contributed by atoms with Gasteiger partial charge in [0.05, 0.1) is 12.6 Å². The van der Waals surface area contributed by atoms with Gasteiger partial charge in [-0.3, -0.25) is 4.79 Å². The summed E-state index contributed by atoms with van der Waals surface area (Å²) in [6.45, 7) is -1.31. The number of hydrogen-bond donors (Lipinski definition) is 2. The van der Waals surface area contributed by atoms with E-state index in [4.69, 9.17) is 5.11 Å². The van der Waals surface area contributed by atoms with Crippen LogP contribution in [-0.4, -0.2) is 54.4 Å². The maximum Gasteiger partial charge on any atom is 0.406 e. The van der Waals surface area contributed by atoms with E-state index in [1.54, 1.807) is 0 Å². The molecule has 2 rings (SSSR count). The summed E-state index contributed by atoms with van der Waals surface area (Å²) in [5.74, 6) is 0.0403. The number of carbonyl (C=O) groups excluding carboxylic acids is 1. The molecule has 0 aromatic heterocycles. The zero-order chi connectivity index (χ0) is 14.0. The Balaban J connectivity index is 2.02. The molecule has 110 valence electrons. The summed E-state index contributed by atoms with van der Waals surface area (Å²) in [7, 11) is 0. The van der Waals surface area contributed by atoms with E-state index in [0.717, 1.165) is 24.2 Å². The lowest BCUT2D eigenvalue weighted by molar-refractivity contribution is -0.163. The highest BCUT2D eigenvalue weighted by atomic mass is 19.4. The van der Waals surface area contributed by atoms with Crippen LogP contribution < -0.4 is 5.32 Å². The summed E-state index contributed by atoms with van der Waals surface area (Å²) in [6.07, 6.45) is -1.45. The van der Waals surface area contributed by atoms with Gasteiger partial charge in [0.15, 0.2) is 0 Å². The normalized spacial score (nSPS) is 30.4. The summed E-state index contributed by atoms with van der Waals surface area (Å²) in [5, 5.41) is 11.9. The first-order chi connectivity index (χ1) is 8.92. The molecule has 2 aliphatic rings. The van der Waals surface area contributed by atoms with Crippen molar-refractivity contribution in [3.63, 3.8) is 0 Å². The topological polar surface area (TPSA) is 52.6 Å². The number of aliphatic hydroxyl groups excluding tert-OH is 1. The molecule has 0 bridgehead atoms. The Morgan fingerprint density at radius 1 is 1.37 bits per heavy atom. The fourth-order valence-corrected chi connectivity index (χ4v) is 3.26. The third kappa shape index (κ3) is 3.39. The van der Waals surface area contributed by atoms with Crippen molar-refractivity contribution in [2.75, 3.05) is 26.2 Å². The minimum absolute atomic E-state index is 0.155. The van der Waals surface area contributed by atoms with Crippen molar-refractivity contribution in [2.24, 2.45) is 11.8 Å². The molecule has 2 fully saturated rings. The Labute approximate surface area is 110 Å². The molecule has 1 saturated carbocycles. The van der Waals surface area contributed by atoms with E-state index in [1.807, 2.05) is 0 Å². The molecule has 1 saturated heterocycles. The first-order valence-electron chi connectivity index (χ1n) is 6.62. The Morgan fingerprint density at radius 2 is 2.11 bits per heavy atom. The molecule has 1 heterocycles. The summed E-state index contributed by atoms with van der Waals surface area (Å²) < 4.78 is 37.3. The molecule has 1 aliphatic heterocycles. The highest BCUT2D eigenvalue weighted by Gasteiger charge is 2.45. The lowest BCUT2D eigenvalue weighted by atomic mass is 9.93. The number of carbonyl (C=O) groups is 1. The molecule has 7 heteroatoms. The second-order valence-corrected chi connectivity index (χ2v) is 5.34. The van der Waals surface area contributed by atoms with E-state index < -0.39 is 31.3 Å². The Hall–Kier alpha value is -0.820. The maximum atomic E-state index is 12.4. The number of aliphatic hydroxyl groups is 1. The summed E-state index contributed by atoms with van der Waals surface area (Å²) in [6, 6.07) is -0.513. The van der Waals surface area contributed by atoms with Crippen LogP contribution >= 0.6 is 0 Å². The van der Waals surface area contributed by atoms with Crippen LogP contribution in [0.4, 0.5) is 13.2 Å². The SMILES string of the molecule is O=C(C1NCC2CCCC21)N(CCO)CC(F)(F)F. The smallest absolute Gasteiger partial charge is 0.395 e. The predicted octanol–water partition coefficient (Wildman–Crippen LogP) is 0.758. The molecule has 0 radical (unpaired) electrons. The van der Waals surface area contributed by atoms with Crippen LogP contribution in [0.1, 0.15) is 19.3 Å². The molecule has 19 heavy (non-hydrogen) atoms. The van der Waals surface area contributed by atoms with Crippen LogP contribution in [0.5, 0.6) is 0 Å². The standard InChI is InChI=1S/C12H19F3N2O2/c13-12(14,15)7-17(4-5-18)11(19)10-9-3-1-2-8(9)6-16-10/h8-10,16,18H,1-7H2. The van der Waals surface area contributed by atoms with Crippen molar-refractivity contribution >= 4 is 5.91 Å². The second-order valence-electron chi connectivity index (χ2n) is 5.34. The van der Waals surface area contributed by atoms with E-state index >= 15 is 0 Å². The van der Waals surface area contributed by atoms with Crippen LogP contribution in [0.25, 0.3) is 0 Å². The minimum Gasteiger partial charge on any atom is -0.395 e. The zero-order valence-electron chi connectivity index (χ0n) is 10.6. The Kier molecular flexibility index (Phi) is 4.35. The van der Waals surface area contributed by atoms with Crippen molar-refractivity contribution in [1.82, 2.24) is 10.2 Å². The molecule has 3 atom stereocenters. The fourth-order valence-electron chi connectivity index (χ4n) is 3.26. The molecule has 1 amide bonds. The zero-order valence-corrected chi connectivity index (χ0v) is 10.6. The number of amides is 1. The number of nitrogens with zero attached hydrogens (tertiary/aromatic N) is 1. The molecule has 0 spiro atoms. The number of hydrogen-bond acceptors (Lipinski definition) is 3. The lowest BCUT2D eigenvalue weighted by Gasteiger charge is -2.28. The van der Waals surface area contributed by atoms with Crippen LogP contribution in [0.2, 0.25) is 0 Å². The molecular formula is C12H19F3N2O2. The number of halogens is 3. The van der Waals surface area contributed by atoms with E-state index in [9.17, 15) is 18.0 Å². The van der Waals surface area contributed by atoms with E-state index in [2.05, 4.69) is 5.32 Å². The number of alkyl halides is 3. The highest BCUT2D eigenvalue weighted by molar-refractivity contribution is 5.82. The average Bonchev–Trinajstić information content (AvgIpc) is 2.87. The van der Waals surface area contributed by atoms with Gasteiger partial charge in [0.1, 0.15) is 6.54 Å². The van der Waals surface area contributed by atoms with Gasteiger partial charge >= 0.3 is 6.18 Å². The van der Waals surface area contributed by atoms with Crippen molar-refractivity contribution < 1.29 is 23.1 Å². The lowest BCUT2D eigenvalue weighted by Crippen LogP contribution is -2.50. The summed E-state index contributed by atoms with van der Waals surface area (Å²) in [5.41, 5.74) is 0. The van der Waals surface area contributed by atoms with Crippen LogP contribution in [0.15, 0.2) is 0 Å². The third-order valence-electron chi connectivity index (χ3n) is 4.06. The van der Waals surface area contributed by atoms with Gasteiger partial charge < -0.3 is 15.3 Å². The number of rotatable bonds is 4. The Bertz CT molecular complexity index is 335. The second kappa shape index (κ2) is 5.66. The molecule has 3 unspecified atom stereocenters. The van der Waals surface area contributed by atoms with E-state index in [-0.39, 0.29) is 12.5 Å². The van der Waals surface area contributed by atoms with Crippen molar-refractivity contribution in [1.29, 1.82) is 0 Å². The van der Waals surface area contributed by atoms with Gasteiger partial charge in [0.2, 0.25) is 5.91 Å². The Morgan fingerprint density at radius 3 is 2.74 bits per heavy atom. The van der Waals surface area contributed by atoms with E-state index in [1.165, 1.54) is 0 Å². The quantitative estimate of drug-likeness (QED) is 0.799. The maximum absolute atomic E-state index is 12.4. The highest BCUT2D eigenvalue weighted by Crippen LogP contribution is 2.38. The largest absolute Gasteiger partial charge is 0.406 e. The van der Waals surface area contributed by atoms with Crippen molar-refractivity contribution in [2.45, 2.75) is 31.5 Å². The molecule has 2 N–H and O–H groups in total. The van der Waals surface area contributed by atoms with Crippen molar-refractivity contribution in [3.8, 4) is 0 Å². The molecule has 4 nitrogen and oxygen atoms in total. The van der Waals surface area contributed by atoms with Gasteiger partial charge in [-0.25, -0.2) is 0 Å². The summed E-state index contributed by atoms with van der Waals surface area (Å²) in [4.78, 5) is 12.9. The number of nitrogens with one attached hydrogen (secondary N) is 1. The molecule has 0 aromatic rings. The van der Waals surface area contributed by atoms with Gasteiger partial charge in [-0.1, -0.05) is 6.42 Å². The molecule has 0 aromatic carbocycles. The monoisotopic (exact) mass is 280 g/mol. The van der Waals surface area contributed by atoms with Gasteiger partial charge in [-0.2, -0.15) is 13.2 Å². The molecular weight excluding hydrogens is 261 g/mol. The van der Waals surface area contributed by atoms with E-state index in [0.29, 0.717) is 12.5 Å². The van der Waals surface area contributed by atoms with Gasteiger partial charge in [0.25, 0.3) is 0 Å². The minimum atomic E-state index is -4.43. The predicted molar refractivity (Wildman–Crippen MR) is 62.3 cm³/mol. The first-order valence-corrected chi connectivity index (χ1v) is 6.62. The first kappa shape index (κ1) is 14.6. The molecule has 1 aliphatic carbocycles. The number of fused-ring (bicyclic) bond motifs is 1. The fraction of sp³-hybridized carbons (Fsp3) is 0.917. The average molecular weight is 280 g/mol. The van der Waals surface area contributed by atoms with Gasteiger partial charge in [-0.05, 0) is 31.2 Å². The third-order valence-corrected chi connectivity index (χ3v) is 4.06. The van der Waals surface area contributed by atoms with Crippen LogP contribution in [-0.2, 0) is 4.79 Å².